The van der Waals surface area contributed by atoms with E-state index in [2.05, 4.69) is 32.2 Å². The van der Waals surface area contributed by atoms with Gasteiger partial charge in [-0.15, -0.1) is 0 Å². The Kier molecular flexibility index (Phi) is 8.01. The summed E-state index contributed by atoms with van der Waals surface area (Å²) in [6, 6.07) is 4.11. The summed E-state index contributed by atoms with van der Waals surface area (Å²) >= 11 is 6.27. The first-order valence-corrected chi connectivity index (χ1v) is 8.01. The van der Waals surface area contributed by atoms with Crippen LogP contribution < -0.4 is 10.1 Å². The van der Waals surface area contributed by atoms with Crippen molar-refractivity contribution in [2.75, 3.05) is 20.2 Å². The predicted octanol–water partition coefficient (Wildman–Crippen LogP) is 4.93. The van der Waals surface area contributed by atoms with Gasteiger partial charge in [-0.05, 0) is 62.5 Å². The van der Waals surface area contributed by atoms with E-state index in [1.807, 2.05) is 13.1 Å². The van der Waals surface area contributed by atoms with E-state index in [4.69, 9.17) is 16.3 Å². The van der Waals surface area contributed by atoms with Crippen LogP contribution in [0.5, 0.6) is 5.75 Å². The van der Waals surface area contributed by atoms with Crippen LogP contribution in [-0.4, -0.2) is 20.2 Å². The van der Waals surface area contributed by atoms with E-state index in [1.165, 1.54) is 24.8 Å². The van der Waals surface area contributed by atoms with Crippen molar-refractivity contribution in [3.05, 3.63) is 28.3 Å². The first-order valence-electron chi connectivity index (χ1n) is 7.63. The molecule has 0 aliphatic heterocycles. The Balaban J connectivity index is 2.42. The fourth-order valence-corrected chi connectivity index (χ4v) is 2.64. The lowest BCUT2D eigenvalue weighted by atomic mass is 10.0. The van der Waals surface area contributed by atoms with Gasteiger partial charge in [-0.25, -0.2) is 0 Å². The molecule has 1 aromatic rings. The molecular formula is C17H28ClNO. The summed E-state index contributed by atoms with van der Waals surface area (Å²) in [4.78, 5) is 0. The van der Waals surface area contributed by atoms with Crippen LogP contribution in [-0.2, 0) is 0 Å². The van der Waals surface area contributed by atoms with Gasteiger partial charge >= 0.3 is 0 Å². The molecule has 0 spiro atoms. The number of nitrogens with one attached hydrogen (secondary N) is 1. The van der Waals surface area contributed by atoms with Crippen molar-refractivity contribution < 1.29 is 4.74 Å². The summed E-state index contributed by atoms with van der Waals surface area (Å²) in [5.41, 5.74) is 2.29. The topological polar surface area (TPSA) is 21.3 Å². The van der Waals surface area contributed by atoms with E-state index in [-0.39, 0.29) is 0 Å². The van der Waals surface area contributed by atoms with E-state index >= 15 is 0 Å². The van der Waals surface area contributed by atoms with Gasteiger partial charge in [-0.1, -0.05) is 38.3 Å². The number of halogens is 1. The molecule has 0 heterocycles. The van der Waals surface area contributed by atoms with Gasteiger partial charge in [0.1, 0.15) is 5.75 Å². The molecule has 0 atom stereocenters. The standard InChI is InChI=1S/C17H28ClNO/c1-13(2)15-12-17(14(3)11-16(15)18)20-10-8-6-5-7-9-19-4/h11-13,19H,5-10H2,1-4H3. The summed E-state index contributed by atoms with van der Waals surface area (Å²) in [7, 11) is 2.00. The molecule has 0 aliphatic carbocycles. The van der Waals surface area contributed by atoms with Gasteiger partial charge < -0.3 is 10.1 Å². The van der Waals surface area contributed by atoms with Crippen molar-refractivity contribution in [3.63, 3.8) is 0 Å². The zero-order valence-corrected chi connectivity index (χ0v) is 14.0. The molecule has 0 saturated heterocycles. The molecule has 2 nitrogen and oxygen atoms in total. The normalized spacial score (nSPS) is 11.1. The van der Waals surface area contributed by atoms with E-state index in [0.717, 1.165) is 35.9 Å². The van der Waals surface area contributed by atoms with Gasteiger partial charge in [0.2, 0.25) is 0 Å². The highest BCUT2D eigenvalue weighted by molar-refractivity contribution is 6.31. The summed E-state index contributed by atoms with van der Waals surface area (Å²) in [6.07, 6.45) is 4.85. The molecule has 1 N–H and O–H groups in total. The van der Waals surface area contributed by atoms with Crippen LogP contribution in [0.1, 0.15) is 56.6 Å². The number of unbranched alkanes of at least 4 members (excludes halogenated alkanes) is 3. The van der Waals surface area contributed by atoms with E-state index < -0.39 is 0 Å². The molecule has 3 heteroatoms. The molecule has 114 valence electrons. The SMILES string of the molecule is CNCCCCCCOc1cc(C(C)C)c(Cl)cc1C. The van der Waals surface area contributed by atoms with Gasteiger partial charge in [0.15, 0.2) is 0 Å². The lowest BCUT2D eigenvalue weighted by Gasteiger charge is -2.14. The third-order valence-electron chi connectivity index (χ3n) is 3.49. The fraction of sp³-hybridized carbons (Fsp3) is 0.647. The molecule has 0 saturated carbocycles. The monoisotopic (exact) mass is 297 g/mol. The maximum Gasteiger partial charge on any atom is 0.122 e. The molecule has 0 radical (unpaired) electrons. The molecule has 20 heavy (non-hydrogen) atoms. The van der Waals surface area contributed by atoms with Crippen molar-refractivity contribution in [2.45, 2.75) is 52.4 Å². The summed E-state index contributed by atoms with van der Waals surface area (Å²) in [6.45, 7) is 8.26. The number of aryl methyl sites for hydroxylation is 1. The zero-order valence-electron chi connectivity index (χ0n) is 13.3. The fourth-order valence-electron chi connectivity index (χ4n) is 2.21. The first kappa shape index (κ1) is 17.3. The number of benzene rings is 1. The zero-order chi connectivity index (χ0) is 15.0. The minimum atomic E-state index is 0.423. The Bertz CT molecular complexity index is 404. The Morgan fingerprint density at radius 2 is 1.85 bits per heavy atom. The van der Waals surface area contributed by atoms with Crippen molar-refractivity contribution in [3.8, 4) is 5.75 Å². The highest BCUT2D eigenvalue weighted by Gasteiger charge is 2.09. The van der Waals surface area contributed by atoms with Gasteiger partial charge in [-0.3, -0.25) is 0 Å². The Labute approximate surface area is 128 Å². The third kappa shape index (κ3) is 5.72. The second-order valence-electron chi connectivity index (χ2n) is 5.66. The second-order valence-corrected chi connectivity index (χ2v) is 6.07. The molecule has 1 aromatic carbocycles. The molecule has 0 amide bonds. The van der Waals surface area contributed by atoms with Gasteiger partial charge in [-0.2, -0.15) is 0 Å². The van der Waals surface area contributed by atoms with Gasteiger partial charge in [0.05, 0.1) is 6.61 Å². The summed E-state index contributed by atoms with van der Waals surface area (Å²) in [5.74, 6) is 1.40. The Morgan fingerprint density at radius 3 is 2.50 bits per heavy atom. The number of hydrogen-bond donors (Lipinski definition) is 1. The number of hydrogen-bond acceptors (Lipinski definition) is 2. The minimum Gasteiger partial charge on any atom is -0.493 e. The van der Waals surface area contributed by atoms with E-state index in [1.54, 1.807) is 0 Å². The first-order chi connectivity index (χ1) is 9.56. The van der Waals surface area contributed by atoms with Crippen LogP contribution in [0, 0.1) is 6.92 Å². The quantitative estimate of drug-likeness (QED) is 0.653. The lowest BCUT2D eigenvalue weighted by Crippen LogP contribution is -2.07. The highest BCUT2D eigenvalue weighted by Crippen LogP contribution is 2.31. The maximum atomic E-state index is 6.27. The Morgan fingerprint density at radius 1 is 1.15 bits per heavy atom. The lowest BCUT2D eigenvalue weighted by molar-refractivity contribution is 0.302. The van der Waals surface area contributed by atoms with Crippen molar-refractivity contribution in [1.29, 1.82) is 0 Å². The van der Waals surface area contributed by atoms with Crippen LogP contribution in [0.15, 0.2) is 12.1 Å². The molecule has 0 aliphatic rings. The summed E-state index contributed by atoms with van der Waals surface area (Å²) < 4.78 is 5.91. The van der Waals surface area contributed by atoms with Gasteiger partial charge in [0.25, 0.3) is 0 Å². The molecule has 0 aromatic heterocycles. The smallest absolute Gasteiger partial charge is 0.122 e. The van der Waals surface area contributed by atoms with Gasteiger partial charge in [0, 0.05) is 5.02 Å². The largest absolute Gasteiger partial charge is 0.493 e. The number of rotatable bonds is 9. The van der Waals surface area contributed by atoms with Crippen LogP contribution in [0.25, 0.3) is 0 Å². The van der Waals surface area contributed by atoms with E-state index in [9.17, 15) is 0 Å². The molecular weight excluding hydrogens is 270 g/mol. The highest BCUT2D eigenvalue weighted by atomic mass is 35.5. The predicted molar refractivity (Wildman–Crippen MR) is 88.2 cm³/mol. The minimum absolute atomic E-state index is 0.423. The van der Waals surface area contributed by atoms with Crippen LogP contribution >= 0.6 is 11.6 Å². The van der Waals surface area contributed by atoms with Crippen LogP contribution in [0.4, 0.5) is 0 Å². The maximum absolute atomic E-state index is 6.27. The Hall–Kier alpha value is -0.730. The third-order valence-corrected chi connectivity index (χ3v) is 3.82. The molecule has 1 rings (SSSR count). The van der Waals surface area contributed by atoms with Crippen LogP contribution in [0.2, 0.25) is 5.02 Å². The summed E-state index contributed by atoms with van der Waals surface area (Å²) in [5, 5.41) is 4.01. The number of ether oxygens (including phenoxy) is 1. The average molecular weight is 298 g/mol. The van der Waals surface area contributed by atoms with Crippen molar-refractivity contribution in [1.82, 2.24) is 5.32 Å². The van der Waals surface area contributed by atoms with Crippen molar-refractivity contribution in [2.24, 2.45) is 0 Å². The van der Waals surface area contributed by atoms with Crippen LogP contribution in [0.3, 0.4) is 0 Å². The molecule has 0 fully saturated rings. The average Bonchev–Trinajstić information content (AvgIpc) is 2.39. The van der Waals surface area contributed by atoms with E-state index in [0.29, 0.717) is 5.92 Å². The molecule has 0 unspecified atom stereocenters. The second kappa shape index (κ2) is 9.25. The molecule has 0 bridgehead atoms. The van der Waals surface area contributed by atoms with Crippen molar-refractivity contribution >= 4 is 11.6 Å².